The highest BCUT2D eigenvalue weighted by Gasteiger charge is 2.25. The van der Waals surface area contributed by atoms with Crippen LogP contribution in [0.4, 0.5) is 5.69 Å². The first-order valence-electron chi connectivity index (χ1n) is 9.02. The van der Waals surface area contributed by atoms with Crippen LogP contribution in [0.2, 0.25) is 5.02 Å². The molecular formula is C20H20ClN3O2S. The van der Waals surface area contributed by atoms with Crippen molar-refractivity contribution >= 4 is 44.7 Å². The van der Waals surface area contributed by atoms with Crippen molar-refractivity contribution in [1.29, 1.82) is 0 Å². The zero-order chi connectivity index (χ0) is 19.1. The van der Waals surface area contributed by atoms with Crippen molar-refractivity contribution in [3.05, 3.63) is 56.4 Å². The molecule has 0 saturated heterocycles. The summed E-state index contributed by atoms with van der Waals surface area (Å²) in [6, 6.07) is 6.34. The van der Waals surface area contributed by atoms with E-state index >= 15 is 0 Å². The molecule has 1 N–H and O–H groups in total. The van der Waals surface area contributed by atoms with Gasteiger partial charge in [0, 0.05) is 4.88 Å². The van der Waals surface area contributed by atoms with Crippen molar-refractivity contribution in [1.82, 2.24) is 9.55 Å². The number of rotatable bonds is 3. The highest BCUT2D eigenvalue weighted by Crippen LogP contribution is 2.35. The minimum Gasteiger partial charge on any atom is -0.323 e. The molecule has 0 aliphatic heterocycles. The van der Waals surface area contributed by atoms with E-state index in [0.717, 1.165) is 29.7 Å². The fourth-order valence-electron chi connectivity index (χ4n) is 3.55. The normalized spacial score (nSPS) is 17.5. The monoisotopic (exact) mass is 401 g/mol. The van der Waals surface area contributed by atoms with Gasteiger partial charge in [-0.2, -0.15) is 0 Å². The maximum atomic E-state index is 13.1. The predicted octanol–water partition coefficient (Wildman–Crippen LogP) is 4.44. The van der Waals surface area contributed by atoms with Gasteiger partial charge in [0.1, 0.15) is 10.9 Å². The summed E-state index contributed by atoms with van der Waals surface area (Å²) in [6.07, 6.45) is 4.46. The molecule has 27 heavy (non-hydrogen) atoms. The predicted molar refractivity (Wildman–Crippen MR) is 110 cm³/mol. The summed E-state index contributed by atoms with van der Waals surface area (Å²) in [7, 11) is 0. The zero-order valence-corrected chi connectivity index (χ0v) is 16.7. The molecule has 5 nitrogen and oxygen atoms in total. The largest absolute Gasteiger partial charge is 0.323 e. The van der Waals surface area contributed by atoms with Gasteiger partial charge >= 0.3 is 0 Å². The van der Waals surface area contributed by atoms with Crippen molar-refractivity contribution < 1.29 is 4.79 Å². The number of fused-ring (bicyclic) bond motifs is 3. The van der Waals surface area contributed by atoms with Crippen molar-refractivity contribution in [3.8, 4) is 0 Å². The lowest BCUT2D eigenvalue weighted by Gasteiger charge is -2.18. The number of aromatic nitrogens is 2. The Morgan fingerprint density at radius 1 is 1.41 bits per heavy atom. The maximum absolute atomic E-state index is 13.1. The molecule has 2 atom stereocenters. The highest BCUT2D eigenvalue weighted by molar-refractivity contribution is 7.18. The number of carbonyl (C=O) groups is 1. The lowest BCUT2D eigenvalue weighted by molar-refractivity contribution is -0.118. The van der Waals surface area contributed by atoms with Crippen LogP contribution in [0.3, 0.4) is 0 Å². The average Bonchev–Trinajstić information content (AvgIpc) is 3.01. The van der Waals surface area contributed by atoms with Gasteiger partial charge in [-0.15, -0.1) is 11.3 Å². The van der Waals surface area contributed by atoms with Crippen LogP contribution in [0.25, 0.3) is 10.2 Å². The molecule has 2 aromatic heterocycles. The zero-order valence-electron chi connectivity index (χ0n) is 15.2. The number of aryl methyl sites for hydroxylation is 1. The summed E-state index contributed by atoms with van der Waals surface area (Å²) in [4.78, 5) is 32.3. The second-order valence-corrected chi connectivity index (χ2v) is 8.62. The minimum absolute atomic E-state index is 0.145. The fraction of sp³-hybridized carbons (Fsp3) is 0.350. The molecule has 0 saturated carbocycles. The van der Waals surface area contributed by atoms with Crippen molar-refractivity contribution in [2.75, 3.05) is 5.32 Å². The smallest absolute Gasteiger partial charge is 0.263 e. The summed E-state index contributed by atoms with van der Waals surface area (Å²) in [5, 5.41) is 3.93. The Morgan fingerprint density at radius 3 is 2.96 bits per heavy atom. The van der Waals surface area contributed by atoms with Gasteiger partial charge < -0.3 is 5.32 Å². The summed E-state index contributed by atoms with van der Waals surface area (Å²) in [5.41, 5.74) is 1.51. The van der Waals surface area contributed by atoms with Crippen molar-refractivity contribution in [2.45, 2.75) is 39.2 Å². The highest BCUT2D eigenvalue weighted by atomic mass is 35.5. The van der Waals surface area contributed by atoms with Crippen molar-refractivity contribution in [2.24, 2.45) is 5.92 Å². The van der Waals surface area contributed by atoms with Gasteiger partial charge in [0.05, 0.1) is 22.4 Å². The molecule has 0 fully saturated rings. The summed E-state index contributed by atoms with van der Waals surface area (Å²) >= 11 is 7.72. The molecule has 1 aromatic carbocycles. The molecule has 7 heteroatoms. The minimum atomic E-state index is -0.691. The van der Waals surface area contributed by atoms with Gasteiger partial charge in [-0.25, -0.2) is 4.98 Å². The second kappa shape index (κ2) is 7.09. The molecule has 3 aromatic rings. The number of thiophene rings is 1. The van der Waals surface area contributed by atoms with E-state index in [2.05, 4.69) is 17.2 Å². The number of carbonyl (C=O) groups excluding carboxylic acids is 1. The Kier molecular flexibility index (Phi) is 4.78. The molecule has 1 amide bonds. The number of amides is 1. The van der Waals surface area contributed by atoms with E-state index in [1.165, 1.54) is 15.8 Å². The molecular weight excluding hydrogens is 382 g/mol. The van der Waals surface area contributed by atoms with Crippen LogP contribution >= 0.6 is 22.9 Å². The summed E-state index contributed by atoms with van der Waals surface area (Å²) in [5.74, 6) is 0.331. The lowest BCUT2D eigenvalue weighted by Crippen LogP contribution is -2.32. The molecule has 0 bridgehead atoms. The number of nitrogens with zero attached hydrogens (tertiary/aromatic N) is 2. The van der Waals surface area contributed by atoms with Crippen LogP contribution < -0.4 is 10.9 Å². The van der Waals surface area contributed by atoms with E-state index in [1.54, 1.807) is 42.5 Å². The number of nitrogens with one attached hydrogen (secondary N) is 1. The molecule has 0 spiro atoms. The molecule has 2 heterocycles. The Balaban J connectivity index is 1.69. The first-order chi connectivity index (χ1) is 13.0. The first kappa shape index (κ1) is 18.2. The van der Waals surface area contributed by atoms with Gasteiger partial charge in [-0.1, -0.05) is 30.7 Å². The average molecular weight is 402 g/mol. The van der Waals surface area contributed by atoms with E-state index < -0.39 is 6.04 Å². The Hall–Kier alpha value is -2.18. The summed E-state index contributed by atoms with van der Waals surface area (Å²) in [6.45, 7) is 3.93. The molecule has 0 radical (unpaired) electrons. The molecule has 0 unspecified atom stereocenters. The van der Waals surface area contributed by atoms with E-state index in [9.17, 15) is 9.59 Å². The molecule has 1 aliphatic rings. The van der Waals surface area contributed by atoms with Gasteiger partial charge in [0.25, 0.3) is 5.56 Å². The van der Waals surface area contributed by atoms with Gasteiger partial charge in [-0.3, -0.25) is 14.2 Å². The standard InChI is InChI=1S/C20H20ClN3O2S/c1-11-7-8-13-16(9-11)27-19-17(13)20(26)24(10-22-19)12(2)18(25)23-15-6-4-3-5-14(15)21/h3-6,10-12H,7-9H2,1-2H3,(H,23,25)/t11-,12-/m0/s1. The third-order valence-corrected chi connectivity index (χ3v) is 6.66. The van der Waals surface area contributed by atoms with Crippen LogP contribution in [0.15, 0.2) is 35.4 Å². The van der Waals surface area contributed by atoms with Gasteiger partial charge in [0.2, 0.25) is 5.91 Å². The third-order valence-electron chi connectivity index (χ3n) is 5.17. The topological polar surface area (TPSA) is 64.0 Å². The van der Waals surface area contributed by atoms with Gasteiger partial charge in [-0.05, 0) is 49.8 Å². The Bertz CT molecular complexity index is 1090. The van der Waals surface area contributed by atoms with Crippen LogP contribution in [0, 0.1) is 5.92 Å². The number of hydrogen-bond donors (Lipinski definition) is 1. The number of anilines is 1. The Labute approximate surface area is 166 Å². The number of para-hydroxylation sites is 1. The first-order valence-corrected chi connectivity index (χ1v) is 10.2. The molecule has 4 rings (SSSR count). The van der Waals surface area contributed by atoms with E-state index in [1.807, 2.05) is 0 Å². The number of hydrogen-bond acceptors (Lipinski definition) is 4. The van der Waals surface area contributed by atoms with Crippen molar-refractivity contribution in [3.63, 3.8) is 0 Å². The quantitative estimate of drug-likeness (QED) is 0.705. The lowest BCUT2D eigenvalue weighted by atomic mass is 9.89. The van der Waals surface area contributed by atoms with Gasteiger partial charge in [0.15, 0.2) is 0 Å². The van der Waals surface area contributed by atoms with Crippen LogP contribution in [0.5, 0.6) is 0 Å². The van der Waals surface area contributed by atoms with E-state index in [4.69, 9.17) is 11.6 Å². The van der Waals surface area contributed by atoms with E-state index in [-0.39, 0.29) is 11.5 Å². The Morgan fingerprint density at radius 2 is 2.19 bits per heavy atom. The summed E-state index contributed by atoms with van der Waals surface area (Å²) < 4.78 is 1.42. The van der Waals surface area contributed by atoms with Crippen LogP contribution in [0.1, 0.15) is 36.8 Å². The number of benzene rings is 1. The molecule has 140 valence electrons. The van der Waals surface area contributed by atoms with E-state index in [0.29, 0.717) is 22.0 Å². The number of halogens is 1. The fourth-order valence-corrected chi connectivity index (χ4v) is 5.07. The van der Waals surface area contributed by atoms with Crippen LogP contribution in [-0.2, 0) is 17.6 Å². The SMILES string of the molecule is C[C@H]1CCc2c(sc3ncn([C@@H](C)C(=O)Nc4ccccc4Cl)c(=O)c23)C1. The van der Waals surface area contributed by atoms with Crippen LogP contribution in [-0.4, -0.2) is 15.5 Å². The second-order valence-electron chi connectivity index (χ2n) is 7.13. The molecule has 1 aliphatic carbocycles. The maximum Gasteiger partial charge on any atom is 0.263 e. The third kappa shape index (κ3) is 3.28.